The molecule has 1 aromatic heterocycles. The molecule has 0 spiro atoms. The van der Waals surface area contributed by atoms with E-state index in [1.165, 1.54) is 0 Å². The summed E-state index contributed by atoms with van der Waals surface area (Å²) in [4.78, 5) is 26.6. The van der Waals surface area contributed by atoms with Crippen LogP contribution in [0.5, 0.6) is 0 Å². The maximum atomic E-state index is 12.5. The van der Waals surface area contributed by atoms with Gasteiger partial charge in [0.2, 0.25) is 11.8 Å². The standard InChI is InChI=1S/C17H23N5O2/c1-11(2)22-10-13(8-18)16(20-22)19-17(24)12-7-15(23)21(9-12)14-5-3-4-6-14/h10-12,14H,3-7,9H2,1-2H3,(H,19,20,24). The second kappa shape index (κ2) is 6.63. The molecule has 24 heavy (non-hydrogen) atoms. The van der Waals surface area contributed by atoms with Crippen LogP contribution < -0.4 is 5.32 Å². The van der Waals surface area contributed by atoms with Crippen molar-refractivity contribution in [2.45, 2.75) is 58.0 Å². The maximum absolute atomic E-state index is 12.5. The monoisotopic (exact) mass is 329 g/mol. The fraction of sp³-hybridized carbons (Fsp3) is 0.647. The zero-order valence-corrected chi connectivity index (χ0v) is 14.2. The van der Waals surface area contributed by atoms with E-state index in [-0.39, 0.29) is 36.0 Å². The minimum Gasteiger partial charge on any atom is -0.339 e. The fourth-order valence-electron chi connectivity index (χ4n) is 3.53. The summed E-state index contributed by atoms with van der Waals surface area (Å²) >= 11 is 0. The van der Waals surface area contributed by atoms with E-state index in [2.05, 4.69) is 16.5 Å². The number of anilines is 1. The van der Waals surface area contributed by atoms with Crippen molar-refractivity contribution in [3.05, 3.63) is 11.8 Å². The highest BCUT2D eigenvalue weighted by atomic mass is 16.2. The summed E-state index contributed by atoms with van der Waals surface area (Å²) in [7, 11) is 0. The van der Waals surface area contributed by atoms with Gasteiger partial charge in [0.25, 0.3) is 0 Å². The Morgan fingerprint density at radius 3 is 2.75 bits per heavy atom. The number of amides is 2. The molecule has 2 aliphatic rings. The van der Waals surface area contributed by atoms with Crippen LogP contribution in [0.3, 0.4) is 0 Å². The van der Waals surface area contributed by atoms with Crippen LogP contribution in [0.1, 0.15) is 57.6 Å². The van der Waals surface area contributed by atoms with Gasteiger partial charge in [-0.15, -0.1) is 0 Å². The van der Waals surface area contributed by atoms with Crippen molar-refractivity contribution >= 4 is 17.6 Å². The smallest absolute Gasteiger partial charge is 0.231 e. The van der Waals surface area contributed by atoms with Crippen LogP contribution in [0, 0.1) is 17.2 Å². The molecule has 7 heteroatoms. The number of hydrogen-bond acceptors (Lipinski definition) is 4. The van der Waals surface area contributed by atoms with Crippen molar-refractivity contribution in [1.82, 2.24) is 14.7 Å². The molecule has 1 aliphatic heterocycles. The molecule has 2 amide bonds. The lowest BCUT2D eigenvalue weighted by molar-refractivity contribution is -0.129. The number of hydrogen-bond donors (Lipinski definition) is 1. The van der Waals surface area contributed by atoms with Crippen molar-refractivity contribution in [1.29, 1.82) is 5.26 Å². The van der Waals surface area contributed by atoms with Crippen LogP contribution in [0.25, 0.3) is 0 Å². The van der Waals surface area contributed by atoms with Crippen LogP contribution in [-0.4, -0.2) is 39.1 Å². The van der Waals surface area contributed by atoms with Gasteiger partial charge in [-0.25, -0.2) is 0 Å². The average molecular weight is 329 g/mol. The van der Waals surface area contributed by atoms with Crippen molar-refractivity contribution in [3.8, 4) is 6.07 Å². The van der Waals surface area contributed by atoms with Crippen molar-refractivity contribution < 1.29 is 9.59 Å². The van der Waals surface area contributed by atoms with Gasteiger partial charge in [-0.2, -0.15) is 10.4 Å². The Labute approximate surface area is 141 Å². The van der Waals surface area contributed by atoms with Crippen LogP contribution >= 0.6 is 0 Å². The lowest BCUT2D eigenvalue weighted by atomic mass is 10.1. The molecule has 1 N–H and O–H groups in total. The topological polar surface area (TPSA) is 91.0 Å². The van der Waals surface area contributed by atoms with Crippen molar-refractivity contribution in [2.24, 2.45) is 5.92 Å². The van der Waals surface area contributed by atoms with Crippen molar-refractivity contribution in [2.75, 3.05) is 11.9 Å². The summed E-state index contributed by atoms with van der Waals surface area (Å²) in [5.74, 6) is -0.249. The van der Waals surface area contributed by atoms with E-state index in [0.717, 1.165) is 25.7 Å². The number of rotatable bonds is 4. The molecule has 0 bridgehead atoms. The zero-order valence-electron chi connectivity index (χ0n) is 14.2. The summed E-state index contributed by atoms with van der Waals surface area (Å²) in [6.07, 6.45) is 6.27. The minimum atomic E-state index is -0.367. The Kier molecular flexibility index (Phi) is 4.56. The highest BCUT2D eigenvalue weighted by Gasteiger charge is 2.38. The fourth-order valence-corrected chi connectivity index (χ4v) is 3.53. The first-order valence-electron chi connectivity index (χ1n) is 8.59. The Morgan fingerprint density at radius 2 is 2.12 bits per heavy atom. The van der Waals surface area contributed by atoms with Gasteiger partial charge in [-0.05, 0) is 26.7 Å². The molecule has 1 saturated carbocycles. The number of nitriles is 1. The Hall–Kier alpha value is -2.36. The summed E-state index contributed by atoms with van der Waals surface area (Å²) in [5, 5.41) is 16.2. The molecule has 1 unspecified atom stereocenters. The van der Waals surface area contributed by atoms with Gasteiger partial charge in [0.15, 0.2) is 5.82 Å². The molecule has 1 saturated heterocycles. The molecule has 3 rings (SSSR count). The summed E-state index contributed by atoms with van der Waals surface area (Å²) in [6.45, 7) is 4.38. The van der Waals surface area contributed by atoms with Gasteiger partial charge >= 0.3 is 0 Å². The molecule has 1 aliphatic carbocycles. The molecule has 1 aromatic rings. The molecule has 2 fully saturated rings. The number of carbonyl (C=O) groups excluding carboxylic acids is 2. The van der Waals surface area contributed by atoms with Gasteiger partial charge < -0.3 is 10.2 Å². The van der Waals surface area contributed by atoms with Crippen LogP contribution in [-0.2, 0) is 9.59 Å². The van der Waals surface area contributed by atoms with Gasteiger partial charge in [0.05, 0.1) is 5.92 Å². The second-order valence-corrected chi connectivity index (χ2v) is 6.95. The van der Waals surface area contributed by atoms with Crippen LogP contribution in [0.2, 0.25) is 0 Å². The van der Waals surface area contributed by atoms with E-state index in [0.29, 0.717) is 18.2 Å². The minimum absolute atomic E-state index is 0.0651. The molecule has 0 radical (unpaired) electrons. The number of nitrogens with zero attached hydrogens (tertiary/aromatic N) is 4. The van der Waals surface area contributed by atoms with Crippen LogP contribution in [0.15, 0.2) is 6.20 Å². The van der Waals surface area contributed by atoms with E-state index >= 15 is 0 Å². The SMILES string of the molecule is CC(C)n1cc(C#N)c(NC(=O)C2CC(=O)N(C3CCCC3)C2)n1. The highest BCUT2D eigenvalue weighted by molar-refractivity contribution is 5.97. The molecule has 1 atom stereocenters. The first kappa shape index (κ1) is 16.5. The molecule has 7 nitrogen and oxygen atoms in total. The summed E-state index contributed by atoms with van der Waals surface area (Å²) < 4.78 is 1.65. The average Bonchev–Trinajstić information content (AvgIpc) is 3.25. The normalized spacial score (nSPS) is 21.5. The predicted molar refractivity (Wildman–Crippen MR) is 88.0 cm³/mol. The number of carbonyl (C=O) groups is 2. The third kappa shape index (κ3) is 3.14. The van der Waals surface area contributed by atoms with E-state index in [1.54, 1.807) is 10.9 Å². The quantitative estimate of drug-likeness (QED) is 0.915. The molecular formula is C17H23N5O2. The van der Waals surface area contributed by atoms with Gasteiger partial charge in [0, 0.05) is 31.2 Å². The first-order valence-corrected chi connectivity index (χ1v) is 8.59. The van der Waals surface area contributed by atoms with Gasteiger partial charge in [0.1, 0.15) is 11.6 Å². The van der Waals surface area contributed by atoms with E-state index in [4.69, 9.17) is 0 Å². The number of likely N-dealkylation sites (tertiary alicyclic amines) is 1. The highest BCUT2D eigenvalue weighted by Crippen LogP contribution is 2.30. The van der Waals surface area contributed by atoms with Crippen molar-refractivity contribution in [3.63, 3.8) is 0 Å². The molecule has 2 heterocycles. The largest absolute Gasteiger partial charge is 0.339 e. The third-order valence-corrected chi connectivity index (χ3v) is 4.92. The zero-order chi connectivity index (χ0) is 17.3. The predicted octanol–water partition coefficient (Wildman–Crippen LogP) is 2.07. The van der Waals surface area contributed by atoms with E-state index in [1.807, 2.05) is 18.7 Å². The Morgan fingerprint density at radius 1 is 1.42 bits per heavy atom. The van der Waals surface area contributed by atoms with Gasteiger partial charge in [-0.3, -0.25) is 14.3 Å². The molecular weight excluding hydrogens is 306 g/mol. The summed E-state index contributed by atoms with van der Waals surface area (Å²) in [6, 6.07) is 2.46. The molecule has 0 aromatic carbocycles. The van der Waals surface area contributed by atoms with Gasteiger partial charge in [-0.1, -0.05) is 12.8 Å². The molecule has 128 valence electrons. The first-order chi connectivity index (χ1) is 11.5. The second-order valence-electron chi connectivity index (χ2n) is 6.95. The summed E-state index contributed by atoms with van der Waals surface area (Å²) in [5.41, 5.74) is 0.342. The number of aromatic nitrogens is 2. The Balaban J connectivity index is 1.67. The van der Waals surface area contributed by atoms with E-state index in [9.17, 15) is 14.9 Å². The lowest BCUT2D eigenvalue weighted by Crippen LogP contribution is -2.35. The lowest BCUT2D eigenvalue weighted by Gasteiger charge is -2.23. The Bertz CT molecular complexity index is 682. The third-order valence-electron chi connectivity index (χ3n) is 4.92. The number of nitrogens with one attached hydrogen (secondary N) is 1. The van der Waals surface area contributed by atoms with Crippen LogP contribution in [0.4, 0.5) is 5.82 Å². The maximum Gasteiger partial charge on any atom is 0.231 e. The van der Waals surface area contributed by atoms with E-state index < -0.39 is 0 Å².